The van der Waals surface area contributed by atoms with E-state index >= 15 is 0 Å². The highest BCUT2D eigenvalue weighted by atomic mass is 35.5. The van der Waals surface area contributed by atoms with Gasteiger partial charge in [0.2, 0.25) is 0 Å². The van der Waals surface area contributed by atoms with Crippen molar-refractivity contribution in [3.63, 3.8) is 0 Å². The van der Waals surface area contributed by atoms with Crippen molar-refractivity contribution in [3.8, 4) is 11.4 Å². The third-order valence-corrected chi connectivity index (χ3v) is 3.73. The minimum absolute atomic E-state index is 0.0154. The fourth-order valence-electron chi connectivity index (χ4n) is 2.21. The Kier molecular flexibility index (Phi) is 4.40. The molecule has 1 aromatic heterocycles. The molecule has 0 atom stereocenters. The van der Waals surface area contributed by atoms with Crippen LogP contribution in [-0.2, 0) is 7.05 Å². The minimum Gasteiger partial charge on any atom is -0.322 e. The molecule has 0 saturated heterocycles. The number of hydrogen-bond donors (Lipinski definition) is 1. The summed E-state index contributed by atoms with van der Waals surface area (Å²) in [6.07, 6.45) is 0. The van der Waals surface area contributed by atoms with Gasteiger partial charge in [-0.1, -0.05) is 23.7 Å². The molecular formula is C15H11ClN6O3. The van der Waals surface area contributed by atoms with Gasteiger partial charge < -0.3 is 5.32 Å². The van der Waals surface area contributed by atoms with Crippen molar-refractivity contribution in [1.29, 1.82) is 0 Å². The number of amides is 1. The third kappa shape index (κ3) is 3.45. The lowest BCUT2D eigenvalue weighted by Gasteiger charge is -2.08. The molecule has 25 heavy (non-hydrogen) atoms. The molecule has 0 spiro atoms. The van der Waals surface area contributed by atoms with Crippen LogP contribution in [0.5, 0.6) is 0 Å². The van der Waals surface area contributed by atoms with Gasteiger partial charge in [-0.15, -0.1) is 5.10 Å². The summed E-state index contributed by atoms with van der Waals surface area (Å²) >= 11 is 5.98. The zero-order chi connectivity index (χ0) is 18.0. The van der Waals surface area contributed by atoms with E-state index in [4.69, 9.17) is 11.6 Å². The number of nitro benzene ring substituents is 1. The Labute approximate surface area is 146 Å². The maximum Gasteiger partial charge on any atom is 0.270 e. The number of aromatic nitrogens is 4. The number of nitrogens with one attached hydrogen (secondary N) is 1. The van der Waals surface area contributed by atoms with Crippen molar-refractivity contribution in [2.24, 2.45) is 7.05 Å². The van der Waals surface area contributed by atoms with Crippen LogP contribution in [-0.4, -0.2) is 31.0 Å². The van der Waals surface area contributed by atoms with Crippen LogP contribution in [0.1, 0.15) is 10.4 Å². The fraction of sp³-hybridized carbons (Fsp3) is 0.0667. The van der Waals surface area contributed by atoms with E-state index in [2.05, 4.69) is 20.8 Å². The van der Waals surface area contributed by atoms with Gasteiger partial charge in [0, 0.05) is 30.4 Å². The summed E-state index contributed by atoms with van der Waals surface area (Å²) in [5.41, 5.74) is 0.985. The van der Waals surface area contributed by atoms with E-state index in [1.165, 1.54) is 16.8 Å². The molecule has 9 nitrogen and oxygen atoms in total. The number of benzene rings is 2. The predicted octanol–water partition coefficient (Wildman–Crippen LogP) is 2.69. The van der Waals surface area contributed by atoms with Gasteiger partial charge in [-0.05, 0) is 28.6 Å². The molecule has 0 bridgehead atoms. The standard InChI is InChI=1S/C15H11ClN6O3/c1-21-14(18-19-20-21)9-3-2-4-10(7-9)17-15(23)12-8-11(22(24)25)5-6-13(12)16/h2-8H,1H3,(H,17,23). The molecule has 3 rings (SSSR count). The van der Waals surface area contributed by atoms with Crippen molar-refractivity contribution < 1.29 is 9.72 Å². The van der Waals surface area contributed by atoms with E-state index in [0.29, 0.717) is 17.1 Å². The molecule has 0 aliphatic heterocycles. The molecule has 0 unspecified atom stereocenters. The Morgan fingerprint density at radius 3 is 2.76 bits per heavy atom. The summed E-state index contributed by atoms with van der Waals surface area (Å²) in [5.74, 6) is -0.0218. The molecule has 2 aromatic carbocycles. The number of non-ortho nitro benzene ring substituents is 1. The van der Waals surface area contributed by atoms with E-state index in [9.17, 15) is 14.9 Å². The first kappa shape index (κ1) is 16.5. The molecule has 1 heterocycles. The van der Waals surface area contributed by atoms with Crippen LogP contribution in [0.4, 0.5) is 11.4 Å². The summed E-state index contributed by atoms with van der Waals surface area (Å²) in [5, 5.41) is 24.9. The van der Waals surface area contributed by atoms with Gasteiger partial charge in [-0.2, -0.15) is 0 Å². The van der Waals surface area contributed by atoms with Crippen LogP contribution in [0.2, 0.25) is 5.02 Å². The van der Waals surface area contributed by atoms with E-state index < -0.39 is 10.8 Å². The summed E-state index contributed by atoms with van der Waals surface area (Å²) in [6, 6.07) is 10.6. The van der Waals surface area contributed by atoms with Crippen LogP contribution in [0.3, 0.4) is 0 Å². The Balaban J connectivity index is 1.88. The molecule has 10 heteroatoms. The first-order valence-electron chi connectivity index (χ1n) is 7.04. The number of halogens is 1. The molecule has 0 saturated carbocycles. The average molecular weight is 359 g/mol. The molecule has 1 N–H and O–H groups in total. The number of nitrogens with zero attached hydrogens (tertiary/aromatic N) is 5. The van der Waals surface area contributed by atoms with Gasteiger partial charge in [0.05, 0.1) is 15.5 Å². The molecule has 0 radical (unpaired) electrons. The molecule has 0 aliphatic carbocycles. The maximum absolute atomic E-state index is 12.4. The number of carbonyl (C=O) groups is 1. The van der Waals surface area contributed by atoms with Crippen molar-refractivity contribution in [2.75, 3.05) is 5.32 Å². The van der Waals surface area contributed by atoms with Crippen molar-refractivity contribution in [2.45, 2.75) is 0 Å². The first-order valence-corrected chi connectivity index (χ1v) is 7.41. The Morgan fingerprint density at radius 1 is 1.28 bits per heavy atom. The van der Waals surface area contributed by atoms with E-state index in [1.54, 1.807) is 31.3 Å². The van der Waals surface area contributed by atoms with Gasteiger partial charge in [-0.25, -0.2) is 4.68 Å². The van der Waals surface area contributed by atoms with Gasteiger partial charge >= 0.3 is 0 Å². The largest absolute Gasteiger partial charge is 0.322 e. The Bertz CT molecular complexity index is 971. The highest BCUT2D eigenvalue weighted by molar-refractivity contribution is 6.34. The summed E-state index contributed by atoms with van der Waals surface area (Å²) < 4.78 is 1.50. The second-order valence-electron chi connectivity index (χ2n) is 5.08. The van der Waals surface area contributed by atoms with Gasteiger partial charge in [0.25, 0.3) is 11.6 Å². The minimum atomic E-state index is -0.588. The summed E-state index contributed by atoms with van der Waals surface area (Å²) in [4.78, 5) is 22.7. The lowest BCUT2D eigenvalue weighted by atomic mass is 10.1. The second-order valence-corrected chi connectivity index (χ2v) is 5.49. The highest BCUT2D eigenvalue weighted by Gasteiger charge is 2.16. The summed E-state index contributed by atoms with van der Waals surface area (Å²) in [6.45, 7) is 0. The monoisotopic (exact) mass is 358 g/mol. The fourth-order valence-corrected chi connectivity index (χ4v) is 2.41. The lowest BCUT2D eigenvalue weighted by molar-refractivity contribution is -0.384. The van der Waals surface area contributed by atoms with Crippen molar-refractivity contribution >= 4 is 28.9 Å². The predicted molar refractivity (Wildman–Crippen MR) is 90.3 cm³/mol. The number of rotatable bonds is 4. The zero-order valence-corrected chi connectivity index (χ0v) is 13.6. The normalized spacial score (nSPS) is 10.5. The van der Waals surface area contributed by atoms with E-state index in [-0.39, 0.29) is 16.3 Å². The topological polar surface area (TPSA) is 116 Å². The molecule has 1 amide bonds. The van der Waals surface area contributed by atoms with E-state index in [1.807, 2.05) is 0 Å². The van der Waals surface area contributed by atoms with Crippen LogP contribution >= 0.6 is 11.6 Å². The Hall–Kier alpha value is -3.33. The maximum atomic E-state index is 12.4. The second kappa shape index (κ2) is 6.65. The SMILES string of the molecule is Cn1nnnc1-c1cccc(NC(=O)c2cc([N+](=O)[O-])ccc2Cl)c1. The molecular weight excluding hydrogens is 348 g/mol. The Morgan fingerprint density at radius 2 is 2.08 bits per heavy atom. The third-order valence-electron chi connectivity index (χ3n) is 3.40. The summed E-state index contributed by atoms with van der Waals surface area (Å²) in [7, 11) is 1.70. The quantitative estimate of drug-likeness (QED) is 0.566. The number of aryl methyl sites for hydroxylation is 1. The van der Waals surface area contributed by atoms with Crippen LogP contribution in [0.25, 0.3) is 11.4 Å². The first-order chi connectivity index (χ1) is 12.0. The van der Waals surface area contributed by atoms with Gasteiger partial charge in [-0.3, -0.25) is 14.9 Å². The lowest BCUT2D eigenvalue weighted by Crippen LogP contribution is -2.13. The van der Waals surface area contributed by atoms with Crippen LogP contribution < -0.4 is 5.32 Å². The molecule has 0 fully saturated rings. The number of anilines is 1. The number of nitro groups is 1. The van der Waals surface area contributed by atoms with Gasteiger partial charge in [0.1, 0.15) is 0 Å². The number of tetrazole rings is 1. The van der Waals surface area contributed by atoms with E-state index in [0.717, 1.165) is 6.07 Å². The van der Waals surface area contributed by atoms with Crippen molar-refractivity contribution in [3.05, 3.63) is 63.2 Å². The number of hydrogen-bond acceptors (Lipinski definition) is 6. The average Bonchev–Trinajstić information content (AvgIpc) is 3.01. The smallest absolute Gasteiger partial charge is 0.270 e. The number of carbonyl (C=O) groups excluding carboxylic acids is 1. The van der Waals surface area contributed by atoms with Crippen LogP contribution in [0, 0.1) is 10.1 Å². The van der Waals surface area contributed by atoms with Gasteiger partial charge in [0.15, 0.2) is 5.82 Å². The van der Waals surface area contributed by atoms with Crippen molar-refractivity contribution in [1.82, 2.24) is 20.2 Å². The zero-order valence-electron chi connectivity index (χ0n) is 12.9. The molecule has 0 aliphatic rings. The highest BCUT2D eigenvalue weighted by Crippen LogP contribution is 2.24. The van der Waals surface area contributed by atoms with Crippen LogP contribution in [0.15, 0.2) is 42.5 Å². The molecule has 3 aromatic rings. The molecule has 126 valence electrons.